The van der Waals surface area contributed by atoms with E-state index in [1.54, 1.807) is 4.90 Å². The zero-order valence-electron chi connectivity index (χ0n) is 27.9. The fourth-order valence-corrected chi connectivity index (χ4v) is 8.32. The summed E-state index contributed by atoms with van der Waals surface area (Å²) in [5, 5.41) is 14.5. The molecule has 0 unspecified atom stereocenters. The third-order valence-electron chi connectivity index (χ3n) is 11.0. The van der Waals surface area contributed by atoms with Gasteiger partial charge in [0.25, 0.3) is 0 Å². The third-order valence-corrected chi connectivity index (χ3v) is 11.0. The van der Waals surface area contributed by atoms with Gasteiger partial charge in [-0.15, -0.1) is 0 Å². The van der Waals surface area contributed by atoms with Crippen molar-refractivity contribution in [3.63, 3.8) is 0 Å². The van der Waals surface area contributed by atoms with E-state index < -0.39 is 18.2 Å². The largest absolute Gasteiger partial charge is 0.465 e. The number of piperidine rings is 2. The normalized spacial score (nSPS) is 25.4. The molecule has 2 aromatic heterocycles. The highest BCUT2D eigenvalue weighted by atomic mass is 16.5. The number of rotatable bonds is 5. The van der Waals surface area contributed by atoms with E-state index in [0.29, 0.717) is 17.7 Å². The maximum absolute atomic E-state index is 13.8. The van der Waals surface area contributed by atoms with E-state index in [4.69, 9.17) is 14.7 Å². The molecular weight excluding hydrogens is 634 g/mol. The zero-order valence-corrected chi connectivity index (χ0v) is 27.9. The molecule has 254 valence electrons. The van der Waals surface area contributed by atoms with Crippen LogP contribution < -0.4 is 5.32 Å². The number of likely N-dealkylation sites (tertiary alicyclic amines) is 2. The van der Waals surface area contributed by atoms with Gasteiger partial charge in [-0.1, -0.05) is 37.8 Å². The zero-order chi connectivity index (χ0) is 34.4. The van der Waals surface area contributed by atoms with Crippen LogP contribution in [-0.4, -0.2) is 78.2 Å². The number of benzene rings is 3. The van der Waals surface area contributed by atoms with Crippen molar-refractivity contribution in [3.05, 3.63) is 71.3 Å². The number of H-pyrrole nitrogens is 2. The van der Waals surface area contributed by atoms with Crippen LogP contribution in [0.25, 0.3) is 32.8 Å². The van der Waals surface area contributed by atoms with E-state index in [2.05, 4.69) is 27.1 Å². The average Bonchev–Trinajstić information content (AvgIpc) is 3.76. The molecule has 50 heavy (non-hydrogen) atoms. The van der Waals surface area contributed by atoms with Gasteiger partial charge in [-0.2, -0.15) is 0 Å². The highest BCUT2D eigenvalue weighted by Gasteiger charge is 2.57. The van der Waals surface area contributed by atoms with E-state index in [9.17, 15) is 19.5 Å². The topological polar surface area (TPSA) is 157 Å². The number of nitrogens with zero attached hydrogens (tertiary/aromatic N) is 4. The number of amides is 3. The van der Waals surface area contributed by atoms with Crippen molar-refractivity contribution in [1.82, 2.24) is 35.1 Å². The SMILES string of the molecule is COC(=O)N[C@H](C(=O)N1[C@@H]2C[C@H]2C[C@H]1c1nc2ccc(C#Cc3ccc4c(ccc5[nH]c([C@@H]6C[C@H]7C[C@H]7N6C(=O)O)nc54)c3)cc2[nH]1)C(C)C. The van der Waals surface area contributed by atoms with Crippen LogP contribution in [0.3, 0.4) is 0 Å². The van der Waals surface area contributed by atoms with Gasteiger partial charge in [-0.3, -0.25) is 9.69 Å². The van der Waals surface area contributed by atoms with E-state index in [-0.39, 0.29) is 36.0 Å². The molecule has 4 N–H and O–H groups in total. The fraction of sp³-hybridized carbons (Fsp3) is 0.395. The molecule has 0 bridgehead atoms. The molecule has 0 radical (unpaired) electrons. The van der Waals surface area contributed by atoms with Crippen molar-refractivity contribution in [3.8, 4) is 11.8 Å². The number of hydrogen-bond acceptors (Lipinski definition) is 6. The van der Waals surface area contributed by atoms with Crippen LogP contribution in [0.2, 0.25) is 0 Å². The second-order valence-electron chi connectivity index (χ2n) is 14.5. The smallest absolute Gasteiger partial charge is 0.408 e. The van der Waals surface area contributed by atoms with Crippen molar-refractivity contribution in [2.75, 3.05) is 7.11 Å². The Bertz CT molecular complexity index is 2300. The summed E-state index contributed by atoms with van der Waals surface area (Å²) in [5.41, 5.74) is 5.09. The average molecular weight is 672 g/mol. The first-order valence-corrected chi connectivity index (χ1v) is 17.3. The van der Waals surface area contributed by atoms with Crippen LogP contribution in [0.1, 0.15) is 74.4 Å². The Hall–Kier alpha value is -5.57. The summed E-state index contributed by atoms with van der Waals surface area (Å²) in [6.07, 6.45) is 2.08. The van der Waals surface area contributed by atoms with Crippen LogP contribution in [0.5, 0.6) is 0 Å². The first-order valence-electron chi connectivity index (χ1n) is 17.3. The van der Waals surface area contributed by atoms with Crippen LogP contribution in [0, 0.1) is 29.6 Å². The number of aromatic nitrogens is 4. The highest BCUT2D eigenvalue weighted by Crippen LogP contribution is 2.54. The van der Waals surface area contributed by atoms with Crippen LogP contribution in [0.4, 0.5) is 9.59 Å². The van der Waals surface area contributed by atoms with Crippen molar-refractivity contribution in [1.29, 1.82) is 0 Å². The van der Waals surface area contributed by atoms with Gasteiger partial charge >= 0.3 is 12.2 Å². The minimum absolute atomic E-state index is 0.0995. The number of carbonyl (C=O) groups excluding carboxylic acids is 2. The Kier molecular flexibility index (Phi) is 6.85. The lowest BCUT2D eigenvalue weighted by atomic mass is 10.0. The Morgan fingerprint density at radius 3 is 2.24 bits per heavy atom. The van der Waals surface area contributed by atoms with Crippen molar-refractivity contribution in [2.24, 2.45) is 17.8 Å². The van der Waals surface area contributed by atoms with Gasteiger partial charge in [0.15, 0.2) is 0 Å². The van der Waals surface area contributed by atoms with E-state index in [1.807, 2.05) is 67.3 Å². The van der Waals surface area contributed by atoms with E-state index in [1.165, 1.54) is 7.11 Å². The molecule has 3 amide bonds. The Morgan fingerprint density at radius 2 is 1.52 bits per heavy atom. The quantitative estimate of drug-likeness (QED) is 0.171. The number of carboxylic acid groups (broad SMARTS) is 1. The number of imidazole rings is 2. The number of carbonyl (C=O) groups is 3. The molecule has 3 aromatic carbocycles. The molecule has 12 nitrogen and oxygen atoms in total. The Balaban J connectivity index is 0.953. The first kappa shape index (κ1) is 30.5. The lowest BCUT2D eigenvalue weighted by Gasteiger charge is -2.31. The predicted molar refractivity (Wildman–Crippen MR) is 185 cm³/mol. The fourth-order valence-electron chi connectivity index (χ4n) is 8.32. The van der Waals surface area contributed by atoms with Gasteiger partial charge in [0.05, 0.1) is 41.3 Å². The minimum atomic E-state index is -0.879. The highest BCUT2D eigenvalue weighted by molar-refractivity contribution is 6.04. The van der Waals surface area contributed by atoms with Crippen molar-refractivity contribution < 1.29 is 24.2 Å². The number of aromatic amines is 2. The minimum Gasteiger partial charge on any atom is -0.465 e. The molecule has 0 spiro atoms. The summed E-state index contributed by atoms with van der Waals surface area (Å²) in [5.74, 6) is 8.73. The number of fused-ring (bicyclic) bond motifs is 6. The van der Waals surface area contributed by atoms with Crippen molar-refractivity contribution in [2.45, 2.75) is 69.7 Å². The van der Waals surface area contributed by atoms with Crippen molar-refractivity contribution >= 4 is 50.9 Å². The Morgan fingerprint density at radius 1 is 0.860 bits per heavy atom. The third kappa shape index (κ3) is 5.02. The summed E-state index contributed by atoms with van der Waals surface area (Å²) >= 11 is 0. The molecule has 12 heteroatoms. The Labute approximate surface area is 287 Å². The number of methoxy groups -OCH3 is 1. The number of hydrogen-bond donors (Lipinski definition) is 4. The molecule has 4 aliphatic rings. The van der Waals surface area contributed by atoms with E-state index in [0.717, 1.165) is 75.5 Å². The molecule has 9 rings (SSSR count). The second kappa shape index (κ2) is 11.2. The van der Waals surface area contributed by atoms with Gasteiger partial charge in [0.2, 0.25) is 5.91 Å². The lowest BCUT2D eigenvalue weighted by Crippen LogP contribution is -2.52. The predicted octanol–water partition coefficient (Wildman–Crippen LogP) is 5.85. The molecule has 2 saturated heterocycles. The van der Waals surface area contributed by atoms with Gasteiger partial charge < -0.3 is 30.0 Å². The summed E-state index contributed by atoms with van der Waals surface area (Å²) in [4.78, 5) is 57.8. The standard InChI is InChI=1S/C38H37N7O5/c1-18(2)32(43-37(47)50-3)36(46)44-28-14-22(28)16-30(44)34-39-25-10-7-20(13-27(25)41-34)5-4-19-6-9-24-21(12-19)8-11-26-33(24)42-35(40-26)31-17-23-15-29(23)45(31)38(48)49/h6-13,18,22-23,28-32H,14-17H2,1-3H3,(H,39,41)(H,40,42)(H,43,47)(H,48,49)/t22-,23+,28+,29+,30-,31-,32-/m0/s1. The molecule has 7 atom stereocenters. The van der Waals surface area contributed by atoms with Crippen LogP contribution in [-0.2, 0) is 9.53 Å². The summed E-state index contributed by atoms with van der Waals surface area (Å²) in [6, 6.07) is 15.2. The maximum atomic E-state index is 13.8. The molecule has 5 aromatic rings. The number of nitrogens with one attached hydrogen (secondary N) is 3. The van der Waals surface area contributed by atoms with Gasteiger partial charge in [-0.25, -0.2) is 19.6 Å². The summed E-state index contributed by atoms with van der Waals surface area (Å²) in [7, 11) is 1.30. The monoisotopic (exact) mass is 671 g/mol. The van der Waals surface area contributed by atoms with Gasteiger partial charge in [0.1, 0.15) is 17.7 Å². The number of alkyl carbamates (subject to hydrolysis) is 1. The van der Waals surface area contributed by atoms with E-state index >= 15 is 0 Å². The molecule has 2 aliphatic carbocycles. The maximum Gasteiger partial charge on any atom is 0.408 e. The molecule has 2 aliphatic heterocycles. The second-order valence-corrected chi connectivity index (χ2v) is 14.5. The van der Waals surface area contributed by atoms with Crippen LogP contribution >= 0.6 is 0 Å². The molecule has 4 fully saturated rings. The first-order chi connectivity index (χ1) is 24.2. The van der Waals surface area contributed by atoms with Gasteiger partial charge in [-0.05, 0) is 85.2 Å². The van der Waals surface area contributed by atoms with Gasteiger partial charge in [0, 0.05) is 28.6 Å². The molecular formula is C38H37N7O5. The number of ether oxygens (including phenoxy) is 1. The lowest BCUT2D eigenvalue weighted by molar-refractivity contribution is -0.136. The molecule has 2 saturated carbocycles. The summed E-state index contributed by atoms with van der Waals surface area (Å²) < 4.78 is 4.78. The summed E-state index contributed by atoms with van der Waals surface area (Å²) in [6.45, 7) is 3.83. The van der Waals surface area contributed by atoms with Crippen LogP contribution in [0.15, 0.2) is 48.5 Å². The molecule has 4 heterocycles.